The Balaban J connectivity index is 1.62. The number of nitrogens with zero attached hydrogens (tertiary/aromatic N) is 1. The number of hydrogen-bond acceptors (Lipinski definition) is 5. The van der Waals surface area contributed by atoms with E-state index in [1.54, 1.807) is 22.5 Å². The molecular formula is C16H22N2O4S. The van der Waals surface area contributed by atoms with Crippen molar-refractivity contribution in [2.45, 2.75) is 42.7 Å². The molecule has 0 radical (unpaired) electrons. The maximum absolute atomic E-state index is 13.0. The second-order valence-electron chi connectivity index (χ2n) is 6.45. The molecule has 3 aliphatic rings. The molecule has 4 rings (SSSR count). The largest absolute Gasteiger partial charge is 0.490 e. The molecule has 7 heteroatoms. The lowest BCUT2D eigenvalue weighted by Crippen LogP contribution is -2.39. The van der Waals surface area contributed by atoms with E-state index < -0.39 is 10.0 Å². The number of hydrogen-bond donors (Lipinski definition) is 1. The zero-order valence-electron chi connectivity index (χ0n) is 13.0. The van der Waals surface area contributed by atoms with Gasteiger partial charge in [-0.3, -0.25) is 0 Å². The van der Waals surface area contributed by atoms with Gasteiger partial charge in [0.1, 0.15) is 0 Å². The summed E-state index contributed by atoms with van der Waals surface area (Å²) in [5.41, 5.74) is 0. The van der Waals surface area contributed by atoms with E-state index in [-0.39, 0.29) is 6.04 Å². The van der Waals surface area contributed by atoms with Crippen molar-refractivity contribution in [3.63, 3.8) is 0 Å². The molecule has 0 spiro atoms. The zero-order chi connectivity index (χ0) is 15.9. The van der Waals surface area contributed by atoms with Crippen molar-refractivity contribution in [1.82, 2.24) is 9.62 Å². The van der Waals surface area contributed by atoms with Crippen LogP contribution in [0.15, 0.2) is 23.1 Å². The SMILES string of the molecule is O=S(=O)(c1ccc2c(c1)OCCCO2)N1CCC2CCC(C1)N2. The average molecular weight is 338 g/mol. The molecule has 0 amide bonds. The first-order valence-electron chi connectivity index (χ1n) is 8.29. The van der Waals surface area contributed by atoms with Crippen molar-refractivity contribution in [2.24, 2.45) is 0 Å². The fraction of sp³-hybridized carbons (Fsp3) is 0.625. The predicted molar refractivity (Wildman–Crippen MR) is 85.4 cm³/mol. The molecule has 23 heavy (non-hydrogen) atoms. The van der Waals surface area contributed by atoms with Gasteiger partial charge in [0, 0.05) is 37.7 Å². The zero-order valence-corrected chi connectivity index (χ0v) is 13.8. The quantitative estimate of drug-likeness (QED) is 0.882. The van der Waals surface area contributed by atoms with Crippen LogP contribution in [-0.4, -0.2) is 51.1 Å². The van der Waals surface area contributed by atoms with Crippen molar-refractivity contribution >= 4 is 10.0 Å². The highest BCUT2D eigenvalue weighted by Gasteiger charge is 2.35. The molecule has 3 aliphatic heterocycles. The molecule has 126 valence electrons. The summed E-state index contributed by atoms with van der Waals surface area (Å²) < 4.78 is 38.8. The second kappa shape index (κ2) is 5.96. The average Bonchev–Trinajstić information content (AvgIpc) is 2.73. The molecule has 2 fully saturated rings. The Morgan fingerprint density at radius 2 is 1.83 bits per heavy atom. The summed E-state index contributed by atoms with van der Waals surface area (Å²) in [6, 6.07) is 5.67. The summed E-state index contributed by atoms with van der Waals surface area (Å²) in [5.74, 6) is 1.15. The smallest absolute Gasteiger partial charge is 0.243 e. The van der Waals surface area contributed by atoms with E-state index in [2.05, 4.69) is 5.32 Å². The lowest BCUT2D eigenvalue weighted by atomic mass is 10.1. The molecule has 1 N–H and O–H groups in total. The van der Waals surface area contributed by atoms with Crippen LogP contribution in [0.4, 0.5) is 0 Å². The number of rotatable bonds is 2. The third kappa shape index (κ3) is 2.93. The molecule has 1 aromatic rings. The maximum atomic E-state index is 13.0. The first-order valence-corrected chi connectivity index (χ1v) is 9.73. The Kier molecular flexibility index (Phi) is 3.95. The third-order valence-corrected chi connectivity index (χ3v) is 6.70. The Labute approximate surface area is 136 Å². The van der Waals surface area contributed by atoms with Gasteiger partial charge in [-0.1, -0.05) is 0 Å². The van der Waals surface area contributed by atoms with Crippen molar-refractivity contribution in [2.75, 3.05) is 26.3 Å². The standard InChI is InChI=1S/C16H22N2O4S/c19-23(20,18-7-6-12-2-3-13(11-18)17-12)14-4-5-15-16(10-14)22-9-1-8-21-15/h4-5,10,12-13,17H,1-3,6-9,11H2. The summed E-state index contributed by atoms with van der Waals surface area (Å²) in [6.45, 7) is 2.27. The number of ether oxygens (including phenoxy) is 2. The van der Waals surface area contributed by atoms with E-state index >= 15 is 0 Å². The Hall–Kier alpha value is -1.31. The van der Waals surface area contributed by atoms with Gasteiger partial charge in [0.25, 0.3) is 0 Å². The minimum absolute atomic E-state index is 0.276. The van der Waals surface area contributed by atoms with E-state index in [1.165, 1.54) is 0 Å². The van der Waals surface area contributed by atoms with Gasteiger partial charge in [-0.25, -0.2) is 8.42 Å². The maximum Gasteiger partial charge on any atom is 0.243 e. The van der Waals surface area contributed by atoms with Gasteiger partial charge in [0.2, 0.25) is 10.0 Å². The van der Waals surface area contributed by atoms with E-state index in [0.717, 1.165) is 25.7 Å². The van der Waals surface area contributed by atoms with Crippen molar-refractivity contribution in [3.8, 4) is 11.5 Å². The summed E-state index contributed by atoms with van der Waals surface area (Å²) in [4.78, 5) is 0.291. The molecule has 0 aliphatic carbocycles. The molecule has 0 saturated carbocycles. The van der Waals surface area contributed by atoms with Crippen molar-refractivity contribution in [1.29, 1.82) is 0 Å². The van der Waals surface area contributed by atoms with Gasteiger partial charge >= 0.3 is 0 Å². The second-order valence-corrected chi connectivity index (χ2v) is 8.39. The van der Waals surface area contributed by atoms with Crippen LogP contribution in [0.2, 0.25) is 0 Å². The third-order valence-electron chi connectivity index (χ3n) is 4.84. The normalized spacial score (nSPS) is 28.2. The molecule has 0 aromatic heterocycles. The van der Waals surface area contributed by atoms with Crippen molar-refractivity contribution < 1.29 is 17.9 Å². The monoisotopic (exact) mass is 338 g/mol. The number of nitrogens with one attached hydrogen (secondary N) is 1. The summed E-state index contributed by atoms with van der Waals surface area (Å²) in [7, 11) is -3.50. The molecular weight excluding hydrogens is 316 g/mol. The highest BCUT2D eigenvalue weighted by Crippen LogP contribution is 2.33. The Morgan fingerprint density at radius 1 is 1.04 bits per heavy atom. The lowest BCUT2D eigenvalue weighted by molar-refractivity contribution is 0.296. The predicted octanol–water partition coefficient (Wildman–Crippen LogP) is 1.36. The molecule has 1 aromatic carbocycles. The van der Waals surface area contributed by atoms with Crippen LogP contribution >= 0.6 is 0 Å². The van der Waals surface area contributed by atoms with Crippen LogP contribution in [0.1, 0.15) is 25.7 Å². The van der Waals surface area contributed by atoms with Gasteiger partial charge in [-0.2, -0.15) is 4.31 Å². The van der Waals surface area contributed by atoms with Crippen LogP contribution in [0.3, 0.4) is 0 Å². The Bertz CT molecular complexity index is 691. The molecule has 2 unspecified atom stereocenters. The van der Waals surface area contributed by atoms with E-state index in [9.17, 15) is 8.42 Å². The number of benzene rings is 1. The molecule has 2 saturated heterocycles. The summed E-state index contributed by atoms with van der Waals surface area (Å²) >= 11 is 0. The van der Waals surface area contributed by atoms with Gasteiger partial charge in [0.15, 0.2) is 11.5 Å². The van der Waals surface area contributed by atoms with Crippen LogP contribution < -0.4 is 14.8 Å². The summed E-state index contributed by atoms with van der Waals surface area (Å²) in [6.07, 6.45) is 3.89. The van der Waals surface area contributed by atoms with Gasteiger partial charge in [-0.15, -0.1) is 0 Å². The van der Waals surface area contributed by atoms with E-state index in [1.807, 2.05) is 0 Å². The van der Waals surface area contributed by atoms with E-state index in [4.69, 9.17) is 9.47 Å². The summed E-state index contributed by atoms with van der Waals surface area (Å²) in [5, 5.41) is 3.51. The molecule has 3 heterocycles. The van der Waals surface area contributed by atoms with E-state index in [0.29, 0.717) is 48.7 Å². The fourth-order valence-electron chi connectivity index (χ4n) is 3.58. The van der Waals surface area contributed by atoms with Crippen LogP contribution in [-0.2, 0) is 10.0 Å². The highest BCUT2D eigenvalue weighted by molar-refractivity contribution is 7.89. The first-order chi connectivity index (χ1) is 11.1. The highest BCUT2D eigenvalue weighted by atomic mass is 32.2. The Morgan fingerprint density at radius 3 is 2.70 bits per heavy atom. The topological polar surface area (TPSA) is 67.9 Å². The fourth-order valence-corrected chi connectivity index (χ4v) is 5.10. The van der Waals surface area contributed by atoms with Crippen LogP contribution in [0.25, 0.3) is 0 Å². The van der Waals surface area contributed by atoms with Crippen LogP contribution in [0, 0.1) is 0 Å². The lowest BCUT2D eigenvalue weighted by Gasteiger charge is -2.24. The molecule has 2 bridgehead atoms. The van der Waals surface area contributed by atoms with Crippen molar-refractivity contribution in [3.05, 3.63) is 18.2 Å². The number of sulfonamides is 1. The number of fused-ring (bicyclic) bond motifs is 3. The minimum atomic E-state index is -3.50. The molecule has 6 nitrogen and oxygen atoms in total. The minimum Gasteiger partial charge on any atom is -0.490 e. The first kappa shape index (κ1) is 15.2. The van der Waals surface area contributed by atoms with Gasteiger partial charge in [0.05, 0.1) is 18.1 Å². The van der Waals surface area contributed by atoms with Gasteiger partial charge in [-0.05, 0) is 31.4 Å². The van der Waals surface area contributed by atoms with Gasteiger partial charge < -0.3 is 14.8 Å². The molecule has 2 atom stereocenters. The van der Waals surface area contributed by atoms with Crippen LogP contribution in [0.5, 0.6) is 11.5 Å².